The van der Waals surface area contributed by atoms with Crippen LogP contribution in [0.4, 0.5) is 5.69 Å². The van der Waals surface area contributed by atoms with Gasteiger partial charge in [-0.2, -0.15) is 0 Å². The fraction of sp³-hybridized carbons (Fsp3) is 0.167. The molecule has 0 atom stereocenters. The molecule has 0 fully saturated rings. The first-order chi connectivity index (χ1) is 10.5. The molecular weight excluding hydrogens is 278 g/mol. The van der Waals surface area contributed by atoms with Gasteiger partial charge in [-0.25, -0.2) is 0 Å². The third-order valence-electron chi connectivity index (χ3n) is 3.30. The van der Waals surface area contributed by atoms with E-state index in [1.54, 1.807) is 30.3 Å². The van der Waals surface area contributed by atoms with Crippen molar-refractivity contribution >= 4 is 17.5 Å². The molecule has 0 aliphatic rings. The van der Waals surface area contributed by atoms with Crippen molar-refractivity contribution < 1.29 is 14.6 Å². The number of methoxy groups -OCH3 is 1. The van der Waals surface area contributed by atoms with E-state index in [0.29, 0.717) is 11.3 Å². The maximum absolute atomic E-state index is 12.1. The maximum atomic E-state index is 12.1. The van der Waals surface area contributed by atoms with Gasteiger partial charge in [-0.3, -0.25) is 4.79 Å². The molecule has 0 saturated carbocycles. The van der Waals surface area contributed by atoms with Crippen LogP contribution in [0.25, 0.3) is 6.08 Å². The van der Waals surface area contributed by atoms with Crippen molar-refractivity contribution in [3.05, 3.63) is 59.7 Å². The van der Waals surface area contributed by atoms with E-state index in [9.17, 15) is 9.90 Å². The quantitative estimate of drug-likeness (QED) is 0.679. The molecule has 0 aromatic heterocycles. The Bertz CT molecular complexity index is 688. The van der Waals surface area contributed by atoms with E-state index in [4.69, 9.17) is 4.74 Å². The summed E-state index contributed by atoms with van der Waals surface area (Å²) in [5, 5.41) is 9.54. The monoisotopic (exact) mass is 297 g/mol. The molecule has 0 saturated heterocycles. The lowest BCUT2D eigenvalue weighted by Crippen LogP contribution is -2.08. The Morgan fingerprint density at radius 2 is 1.82 bits per heavy atom. The highest BCUT2D eigenvalue weighted by Crippen LogP contribution is 2.26. The predicted octanol–water partition coefficient (Wildman–Crippen LogP) is 3.36. The SMILES string of the molecule is COc1cc(/C=C/C(=O)c2ccc(N(C)C)cc2)ccc1O. The molecule has 22 heavy (non-hydrogen) atoms. The Morgan fingerprint density at radius 3 is 2.41 bits per heavy atom. The number of ketones is 1. The van der Waals surface area contributed by atoms with Crippen molar-refractivity contribution in [1.29, 1.82) is 0 Å². The number of phenols is 1. The normalized spacial score (nSPS) is 10.7. The first-order valence-corrected chi connectivity index (χ1v) is 6.88. The number of rotatable bonds is 5. The standard InChI is InChI=1S/C18H19NO3/c1-19(2)15-8-6-14(7-9-15)16(20)10-4-13-5-11-17(21)18(12-13)22-3/h4-12,21H,1-3H3/b10-4+. The van der Waals surface area contributed by atoms with Crippen LogP contribution in [0.1, 0.15) is 15.9 Å². The third-order valence-corrected chi connectivity index (χ3v) is 3.30. The summed E-state index contributed by atoms with van der Waals surface area (Å²) in [6.45, 7) is 0. The summed E-state index contributed by atoms with van der Waals surface area (Å²) < 4.78 is 5.04. The number of hydrogen-bond donors (Lipinski definition) is 1. The summed E-state index contributed by atoms with van der Waals surface area (Å²) >= 11 is 0. The molecule has 0 radical (unpaired) electrons. The van der Waals surface area contributed by atoms with E-state index in [1.165, 1.54) is 19.3 Å². The van der Waals surface area contributed by atoms with Crippen molar-refractivity contribution in [3.8, 4) is 11.5 Å². The number of carbonyl (C=O) groups excluding carboxylic acids is 1. The molecule has 0 heterocycles. The van der Waals surface area contributed by atoms with Crippen LogP contribution >= 0.6 is 0 Å². The van der Waals surface area contributed by atoms with E-state index in [0.717, 1.165) is 11.3 Å². The van der Waals surface area contributed by atoms with Crippen LogP contribution in [0, 0.1) is 0 Å². The second kappa shape index (κ2) is 6.80. The molecule has 4 heteroatoms. The Hall–Kier alpha value is -2.75. The van der Waals surface area contributed by atoms with Crippen LogP contribution in [0.2, 0.25) is 0 Å². The van der Waals surface area contributed by atoms with E-state index >= 15 is 0 Å². The number of nitrogens with zero attached hydrogens (tertiary/aromatic N) is 1. The van der Waals surface area contributed by atoms with Gasteiger partial charge in [-0.05, 0) is 48.0 Å². The Balaban J connectivity index is 2.14. The zero-order valence-electron chi connectivity index (χ0n) is 12.9. The second-order valence-corrected chi connectivity index (χ2v) is 5.07. The van der Waals surface area contributed by atoms with Gasteiger partial charge in [-0.15, -0.1) is 0 Å². The van der Waals surface area contributed by atoms with Crippen LogP contribution in [-0.2, 0) is 0 Å². The van der Waals surface area contributed by atoms with Crippen LogP contribution in [0.3, 0.4) is 0 Å². The van der Waals surface area contributed by atoms with Crippen molar-refractivity contribution in [3.63, 3.8) is 0 Å². The van der Waals surface area contributed by atoms with Crippen molar-refractivity contribution in [2.75, 3.05) is 26.1 Å². The van der Waals surface area contributed by atoms with Crippen molar-refractivity contribution in [1.82, 2.24) is 0 Å². The van der Waals surface area contributed by atoms with Gasteiger partial charge in [0.05, 0.1) is 7.11 Å². The van der Waals surface area contributed by atoms with Gasteiger partial charge < -0.3 is 14.7 Å². The fourth-order valence-corrected chi connectivity index (χ4v) is 1.99. The van der Waals surface area contributed by atoms with Gasteiger partial charge >= 0.3 is 0 Å². The zero-order valence-corrected chi connectivity index (χ0v) is 12.9. The molecule has 0 spiro atoms. The highest BCUT2D eigenvalue weighted by molar-refractivity contribution is 6.07. The van der Waals surface area contributed by atoms with Crippen LogP contribution in [0.15, 0.2) is 48.5 Å². The van der Waals surface area contributed by atoms with Gasteiger partial charge in [0.25, 0.3) is 0 Å². The number of carbonyl (C=O) groups is 1. The molecular formula is C18H19NO3. The van der Waals surface area contributed by atoms with E-state index in [2.05, 4.69) is 0 Å². The van der Waals surface area contributed by atoms with E-state index in [-0.39, 0.29) is 11.5 Å². The molecule has 2 rings (SSSR count). The summed E-state index contributed by atoms with van der Waals surface area (Å²) in [5.74, 6) is 0.382. The molecule has 4 nitrogen and oxygen atoms in total. The molecule has 2 aromatic carbocycles. The smallest absolute Gasteiger partial charge is 0.185 e. The first kappa shape index (κ1) is 15.6. The largest absolute Gasteiger partial charge is 0.504 e. The number of benzene rings is 2. The van der Waals surface area contributed by atoms with Gasteiger partial charge in [0, 0.05) is 25.3 Å². The molecule has 0 amide bonds. The fourth-order valence-electron chi connectivity index (χ4n) is 1.99. The lowest BCUT2D eigenvalue weighted by molar-refractivity contribution is 0.104. The molecule has 2 aromatic rings. The number of phenolic OH excluding ortho intramolecular Hbond substituents is 1. The highest BCUT2D eigenvalue weighted by Gasteiger charge is 2.04. The zero-order chi connectivity index (χ0) is 16.1. The number of hydrogen-bond acceptors (Lipinski definition) is 4. The maximum Gasteiger partial charge on any atom is 0.185 e. The van der Waals surface area contributed by atoms with Crippen LogP contribution in [0.5, 0.6) is 11.5 Å². The second-order valence-electron chi connectivity index (χ2n) is 5.07. The number of aromatic hydroxyl groups is 1. The summed E-state index contributed by atoms with van der Waals surface area (Å²) in [7, 11) is 5.39. The van der Waals surface area contributed by atoms with Crippen LogP contribution < -0.4 is 9.64 Å². The molecule has 0 bridgehead atoms. The topological polar surface area (TPSA) is 49.8 Å². The van der Waals surface area contributed by atoms with E-state index in [1.807, 2.05) is 31.1 Å². The minimum Gasteiger partial charge on any atom is -0.504 e. The lowest BCUT2D eigenvalue weighted by atomic mass is 10.1. The first-order valence-electron chi connectivity index (χ1n) is 6.88. The van der Waals surface area contributed by atoms with Gasteiger partial charge in [0.2, 0.25) is 0 Å². The number of ether oxygens (including phenoxy) is 1. The number of anilines is 1. The number of allylic oxidation sites excluding steroid dienone is 1. The summed E-state index contributed by atoms with van der Waals surface area (Å²) in [5.41, 5.74) is 2.46. The lowest BCUT2D eigenvalue weighted by Gasteiger charge is -2.11. The molecule has 0 unspecified atom stereocenters. The minimum absolute atomic E-state index is 0.0719. The van der Waals surface area contributed by atoms with Gasteiger partial charge in [0.15, 0.2) is 17.3 Å². The summed E-state index contributed by atoms with van der Waals surface area (Å²) in [6, 6.07) is 12.4. The average molecular weight is 297 g/mol. The van der Waals surface area contributed by atoms with E-state index < -0.39 is 0 Å². The Kier molecular flexibility index (Phi) is 4.84. The van der Waals surface area contributed by atoms with Crippen molar-refractivity contribution in [2.45, 2.75) is 0 Å². The minimum atomic E-state index is -0.0719. The average Bonchev–Trinajstić information content (AvgIpc) is 2.53. The van der Waals surface area contributed by atoms with Gasteiger partial charge in [0.1, 0.15) is 0 Å². The third kappa shape index (κ3) is 3.67. The van der Waals surface area contributed by atoms with Crippen molar-refractivity contribution in [2.24, 2.45) is 0 Å². The van der Waals surface area contributed by atoms with Gasteiger partial charge in [-0.1, -0.05) is 12.1 Å². The Labute approximate surface area is 130 Å². The highest BCUT2D eigenvalue weighted by atomic mass is 16.5. The summed E-state index contributed by atoms with van der Waals surface area (Å²) in [6.07, 6.45) is 3.21. The molecule has 0 aliphatic carbocycles. The van der Waals surface area contributed by atoms with Crippen LogP contribution in [-0.4, -0.2) is 32.1 Å². The summed E-state index contributed by atoms with van der Waals surface area (Å²) in [4.78, 5) is 14.1. The molecule has 0 aliphatic heterocycles. The predicted molar refractivity (Wildman–Crippen MR) is 88.8 cm³/mol. The Morgan fingerprint density at radius 1 is 1.14 bits per heavy atom. The molecule has 1 N–H and O–H groups in total. The molecule has 114 valence electrons.